The Hall–Kier alpha value is -0.930. The summed E-state index contributed by atoms with van der Waals surface area (Å²) in [6, 6.07) is 2.52. The van der Waals surface area contributed by atoms with E-state index < -0.39 is 0 Å². The third-order valence-electron chi connectivity index (χ3n) is 4.35. The number of halogens is 1. The summed E-state index contributed by atoms with van der Waals surface area (Å²) < 4.78 is 5.41. The molecule has 2 rings (SSSR count). The summed E-state index contributed by atoms with van der Waals surface area (Å²) in [7, 11) is 0. The lowest BCUT2D eigenvalue weighted by molar-refractivity contribution is 0.0220. The zero-order valence-electron chi connectivity index (χ0n) is 15.6. The molecule has 7 heteroatoms. The Kier molecular flexibility index (Phi) is 11.0. The molecule has 1 aromatic rings. The van der Waals surface area contributed by atoms with Crippen molar-refractivity contribution >= 4 is 29.9 Å². The minimum atomic E-state index is 0. The van der Waals surface area contributed by atoms with Gasteiger partial charge < -0.3 is 15.4 Å². The average molecular weight is 461 g/mol. The molecule has 0 aromatic carbocycles. The molecule has 0 amide bonds. The molecule has 1 aromatic heterocycles. The minimum Gasteiger partial charge on any atom is -0.379 e. The molecular formula is C18H32IN5O. The van der Waals surface area contributed by atoms with Gasteiger partial charge in [0, 0.05) is 44.6 Å². The summed E-state index contributed by atoms with van der Waals surface area (Å²) in [4.78, 5) is 11.3. The van der Waals surface area contributed by atoms with Gasteiger partial charge in [-0.25, -0.2) is 0 Å². The zero-order chi connectivity index (χ0) is 17.2. The van der Waals surface area contributed by atoms with E-state index in [2.05, 4.69) is 47.4 Å². The fourth-order valence-corrected chi connectivity index (χ4v) is 2.80. The van der Waals surface area contributed by atoms with E-state index in [1.54, 1.807) is 0 Å². The number of aryl methyl sites for hydroxylation is 1. The number of aliphatic imine (C=N–C) groups is 1. The molecule has 2 heterocycles. The van der Waals surface area contributed by atoms with Gasteiger partial charge in [0.2, 0.25) is 0 Å². The van der Waals surface area contributed by atoms with Gasteiger partial charge in [-0.1, -0.05) is 0 Å². The van der Waals surface area contributed by atoms with Crippen molar-refractivity contribution < 1.29 is 4.74 Å². The van der Waals surface area contributed by atoms with Crippen LogP contribution in [0, 0.1) is 6.92 Å². The van der Waals surface area contributed by atoms with Crippen molar-refractivity contribution in [3.63, 3.8) is 0 Å². The van der Waals surface area contributed by atoms with Crippen LogP contribution in [0.3, 0.4) is 0 Å². The topological polar surface area (TPSA) is 61.8 Å². The quantitative estimate of drug-likeness (QED) is 0.369. The average Bonchev–Trinajstić information content (AvgIpc) is 2.61. The van der Waals surface area contributed by atoms with Crippen LogP contribution < -0.4 is 10.6 Å². The molecule has 1 saturated heterocycles. The molecule has 1 atom stereocenters. The Morgan fingerprint density at radius 2 is 2.12 bits per heavy atom. The van der Waals surface area contributed by atoms with Crippen molar-refractivity contribution in [3.05, 3.63) is 29.6 Å². The van der Waals surface area contributed by atoms with Crippen LogP contribution in [0.4, 0.5) is 0 Å². The second-order valence-corrected chi connectivity index (χ2v) is 6.20. The van der Waals surface area contributed by atoms with Gasteiger partial charge in [0.15, 0.2) is 5.96 Å². The lowest BCUT2D eigenvalue weighted by atomic mass is 10.1. The molecule has 142 valence electrons. The number of rotatable bonds is 7. The van der Waals surface area contributed by atoms with E-state index in [1.165, 1.54) is 11.1 Å². The maximum atomic E-state index is 5.41. The van der Waals surface area contributed by atoms with Crippen LogP contribution >= 0.6 is 24.0 Å². The van der Waals surface area contributed by atoms with Crippen LogP contribution in [-0.2, 0) is 11.2 Å². The SMILES string of the molecule is CCNC(=NCC(C)N1CCOCC1)NCCc1ccncc1C.I. The van der Waals surface area contributed by atoms with Crippen LogP contribution in [0.15, 0.2) is 23.5 Å². The van der Waals surface area contributed by atoms with Crippen molar-refractivity contribution in [1.29, 1.82) is 0 Å². The fourth-order valence-electron chi connectivity index (χ4n) is 2.80. The number of pyridine rings is 1. The molecule has 25 heavy (non-hydrogen) atoms. The van der Waals surface area contributed by atoms with E-state index in [-0.39, 0.29) is 24.0 Å². The first-order valence-corrected chi connectivity index (χ1v) is 8.94. The number of nitrogens with zero attached hydrogens (tertiary/aromatic N) is 3. The van der Waals surface area contributed by atoms with Gasteiger partial charge in [-0.05, 0) is 44.4 Å². The molecule has 1 aliphatic heterocycles. The summed E-state index contributed by atoms with van der Waals surface area (Å²) in [5.74, 6) is 0.893. The smallest absolute Gasteiger partial charge is 0.191 e. The molecule has 6 nitrogen and oxygen atoms in total. The van der Waals surface area contributed by atoms with Gasteiger partial charge in [0.1, 0.15) is 0 Å². The van der Waals surface area contributed by atoms with Crippen LogP contribution in [0.1, 0.15) is 25.0 Å². The van der Waals surface area contributed by atoms with Crippen LogP contribution in [0.2, 0.25) is 0 Å². The highest BCUT2D eigenvalue weighted by Crippen LogP contribution is 2.05. The maximum absolute atomic E-state index is 5.41. The van der Waals surface area contributed by atoms with Gasteiger partial charge in [-0.3, -0.25) is 14.9 Å². The highest BCUT2D eigenvalue weighted by molar-refractivity contribution is 14.0. The van der Waals surface area contributed by atoms with Crippen molar-refractivity contribution in [1.82, 2.24) is 20.5 Å². The first-order valence-electron chi connectivity index (χ1n) is 8.94. The van der Waals surface area contributed by atoms with Crippen LogP contribution in [-0.4, -0.2) is 67.8 Å². The number of aromatic nitrogens is 1. The van der Waals surface area contributed by atoms with E-state index in [0.29, 0.717) is 6.04 Å². The second-order valence-electron chi connectivity index (χ2n) is 6.20. The largest absolute Gasteiger partial charge is 0.379 e. The number of nitrogens with one attached hydrogen (secondary N) is 2. The second kappa shape index (κ2) is 12.4. The molecular weight excluding hydrogens is 429 g/mol. The molecule has 1 aliphatic rings. The summed E-state index contributed by atoms with van der Waals surface area (Å²) in [5, 5.41) is 6.76. The van der Waals surface area contributed by atoms with Crippen molar-refractivity contribution in [3.8, 4) is 0 Å². The summed E-state index contributed by atoms with van der Waals surface area (Å²) in [6.07, 6.45) is 4.74. The third-order valence-corrected chi connectivity index (χ3v) is 4.35. The standard InChI is InChI=1S/C18H31N5O.HI/c1-4-20-18(21-8-6-17-5-7-19-13-15(17)2)22-14-16(3)23-9-11-24-12-10-23;/h5,7,13,16H,4,6,8-12,14H2,1-3H3,(H2,20,21,22);1H. The molecule has 1 unspecified atom stereocenters. The Bertz CT molecular complexity index is 520. The molecule has 0 spiro atoms. The normalized spacial score (nSPS) is 16.8. The number of morpholine rings is 1. The highest BCUT2D eigenvalue weighted by Gasteiger charge is 2.16. The van der Waals surface area contributed by atoms with E-state index in [9.17, 15) is 0 Å². The Morgan fingerprint density at radius 1 is 1.36 bits per heavy atom. The summed E-state index contributed by atoms with van der Waals surface area (Å²) in [5.41, 5.74) is 2.57. The Labute approximate surface area is 168 Å². The van der Waals surface area contributed by atoms with Crippen LogP contribution in [0.5, 0.6) is 0 Å². The zero-order valence-corrected chi connectivity index (χ0v) is 18.0. The number of guanidine groups is 1. The van der Waals surface area contributed by atoms with Gasteiger partial charge in [-0.2, -0.15) is 0 Å². The number of hydrogen-bond donors (Lipinski definition) is 2. The number of hydrogen-bond acceptors (Lipinski definition) is 4. The molecule has 0 radical (unpaired) electrons. The van der Waals surface area contributed by atoms with E-state index >= 15 is 0 Å². The molecule has 0 saturated carbocycles. The first-order chi connectivity index (χ1) is 11.7. The molecule has 2 N–H and O–H groups in total. The van der Waals surface area contributed by atoms with Crippen LogP contribution in [0.25, 0.3) is 0 Å². The summed E-state index contributed by atoms with van der Waals surface area (Å²) in [6.45, 7) is 12.6. The first kappa shape index (κ1) is 22.1. The van der Waals surface area contributed by atoms with Gasteiger partial charge in [0.05, 0.1) is 19.8 Å². The highest BCUT2D eigenvalue weighted by atomic mass is 127. The molecule has 0 aliphatic carbocycles. The summed E-state index contributed by atoms with van der Waals surface area (Å²) >= 11 is 0. The van der Waals surface area contributed by atoms with E-state index in [1.807, 2.05) is 12.4 Å². The molecule has 1 fully saturated rings. The monoisotopic (exact) mass is 461 g/mol. The van der Waals surface area contributed by atoms with Crippen molar-refractivity contribution in [2.24, 2.45) is 4.99 Å². The fraction of sp³-hybridized carbons (Fsp3) is 0.667. The van der Waals surface area contributed by atoms with E-state index in [0.717, 1.165) is 58.3 Å². The lowest BCUT2D eigenvalue weighted by Gasteiger charge is -2.31. The predicted octanol–water partition coefficient (Wildman–Crippen LogP) is 1.83. The minimum absolute atomic E-state index is 0. The number of ether oxygens (including phenoxy) is 1. The lowest BCUT2D eigenvalue weighted by Crippen LogP contribution is -2.44. The van der Waals surface area contributed by atoms with Crippen molar-refractivity contribution in [2.45, 2.75) is 33.2 Å². The maximum Gasteiger partial charge on any atom is 0.191 e. The van der Waals surface area contributed by atoms with Gasteiger partial charge >= 0.3 is 0 Å². The van der Waals surface area contributed by atoms with Crippen molar-refractivity contribution in [2.75, 3.05) is 45.9 Å². The van der Waals surface area contributed by atoms with Gasteiger partial charge in [-0.15, -0.1) is 24.0 Å². The predicted molar refractivity (Wildman–Crippen MR) is 114 cm³/mol. The Balaban J connectivity index is 0.00000312. The third kappa shape index (κ3) is 7.87. The Morgan fingerprint density at radius 3 is 2.80 bits per heavy atom. The van der Waals surface area contributed by atoms with Gasteiger partial charge in [0.25, 0.3) is 0 Å². The molecule has 0 bridgehead atoms. The van der Waals surface area contributed by atoms with E-state index in [4.69, 9.17) is 9.73 Å².